The molecule has 2 atom stereocenters. The normalized spacial score (nSPS) is 22.6. The standard InChI is InChI=1S/C12H14BrN3O3/c1-7-5-15(6-11(7)14)12(17)8-2-9(13)4-10(3-8)16(18)19/h2-4,7,11H,5-6,14H2,1H3. The number of nitrogens with two attached hydrogens (primary N) is 1. The molecule has 2 unspecified atom stereocenters. The average Bonchev–Trinajstić information content (AvgIpc) is 2.68. The maximum Gasteiger partial charge on any atom is 0.271 e. The molecular formula is C12H14BrN3O3. The lowest BCUT2D eigenvalue weighted by molar-refractivity contribution is -0.385. The lowest BCUT2D eigenvalue weighted by atomic mass is 10.1. The smallest absolute Gasteiger partial charge is 0.271 e. The van der Waals surface area contributed by atoms with E-state index in [1.165, 1.54) is 12.1 Å². The van der Waals surface area contributed by atoms with Crippen molar-refractivity contribution in [1.82, 2.24) is 4.90 Å². The Morgan fingerprint density at radius 1 is 1.47 bits per heavy atom. The van der Waals surface area contributed by atoms with Gasteiger partial charge in [0, 0.05) is 41.3 Å². The topological polar surface area (TPSA) is 89.5 Å². The number of carbonyl (C=O) groups excluding carboxylic acids is 1. The predicted octanol–water partition coefficient (Wildman–Crippen LogP) is 1.78. The largest absolute Gasteiger partial charge is 0.337 e. The van der Waals surface area contributed by atoms with Gasteiger partial charge in [0.25, 0.3) is 11.6 Å². The SMILES string of the molecule is CC1CN(C(=O)c2cc(Br)cc([N+](=O)[O-])c2)CC1N. The van der Waals surface area contributed by atoms with E-state index in [1.807, 2.05) is 6.92 Å². The van der Waals surface area contributed by atoms with Crippen molar-refractivity contribution in [2.75, 3.05) is 13.1 Å². The Kier molecular flexibility index (Phi) is 3.86. The fraction of sp³-hybridized carbons (Fsp3) is 0.417. The third kappa shape index (κ3) is 2.93. The van der Waals surface area contributed by atoms with Crippen LogP contribution < -0.4 is 5.73 Å². The van der Waals surface area contributed by atoms with E-state index in [0.717, 1.165) is 0 Å². The van der Waals surface area contributed by atoms with Crippen LogP contribution in [0, 0.1) is 16.0 Å². The summed E-state index contributed by atoms with van der Waals surface area (Å²) in [5.41, 5.74) is 6.09. The molecule has 2 N–H and O–H groups in total. The second kappa shape index (κ2) is 5.26. The van der Waals surface area contributed by atoms with Crippen LogP contribution in [0.15, 0.2) is 22.7 Å². The van der Waals surface area contributed by atoms with Crippen LogP contribution in [0.25, 0.3) is 0 Å². The number of hydrogen-bond donors (Lipinski definition) is 1. The van der Waals surface area contributed by atoms with E-state index in [4.69, 9.17) is 5.73 Å². The molecule has 19 heavy (non-hydrogen) atoms. The first kappa shape index (κ1) is 14.0. The molecule has 0 aliphatic carbocycles. The summed E-state index contributed by atoms with van der Waals surface area (Å²) in [6.07, 6.45) is 0. The molecule has 1 aliphatic rings. The minimum Gasteiger partial charge on any atom is -0.337 e. The van der Waals surface area contributed by atoms with Gasteiger partial charge in [0.15, 0.2) is 0 Å². The number of nitro groups is 1. The summed E-state index contributed by atoms with van der Waals surface area (Å²) in [6.45, 7) is 3.06. The van der Waals surface area contributed by atoms with Gasteiger partial charge in [-0.25, -0.2) is 0 Å². The van der Waals surface area contributed by atoms with Crippen LogP contribution in [-0.2, 0) is 0 Å². The van der Waals surface area contributed by atoms with Crippen LogP contribution in [0.1, 0.15) is 17.3 Å². The van der Waals surface area contributed by atoms with Crippen molar-refractivity contribution in [3.8, 4) is 0 Å². The Labute approximate surface area is 118 Å². The van der Waals surface area contributed by atoms with Gasteiger partial charge < -0.3 is 10.6 Å². The number of likely N-dealkylation sites (tertiary alicyclic amines) is 1. The van der Waals surface area contributed by atoms with Crippen molar-refractivity contribution in [2.24, 2.45) is 11.7 Å². The molecule has 1 saturated heterocycles. The van der Waals surface area contributed by atoms with Crippen LogP contribution in [0.2, 0.25) is 0 Å². The van der Waals surface area contributed by atoms with Gasteiger partial charge in [-0.3, -0.25) is 14.9 Å². The second-order valence-corrected chi connectivity index (χ2v) is 5.72. The van der Waals surface area contributed by atoms with Gasteiger partial charge in [-0.1, -0.05) is 22.9 Å². The van der Waals surface area contributed by atoms with Gasteiger partial charge in [0.1, 0.15) is 0 Å². The van der Waals surface area contributed by atoms with Crippen molar-refractivity contribution >= 4 is 27.5 Å². The number of rotatable bonds is 2. The maximum atomic E-state index is 12.3. The van der Waals surface area contributed by atoms with Crippen LogP contribution in [0.5, 0.6) is 0 Å². The summed E-state index contributed by atoms with van der Waals surface area (Å²) in [5, 5.41) is 10.8. The minimum absolute atomic E-state index is 0.0360. The summed E-state index contributed by atoms with van der Waals surface area (Å²) in [4.78, 5) is 24.2. The fourth-order valence-electron chi connectivity index (χ4n) is 2.14. The number of hydrogen-bond acceptors (Lipinski definition) is 4. The van der Waals surface area contributed by atoms with E-state index < -0.39 is 4.92 Å². The highest BCUT2D eigenvalue weighted by molar-refractivity contribution is 9.10. The van der Waals surface area contributed by atoms with Gasteiger partial charge in [-0.2, -0.15) is 0 Å². The Balaban J connectivity index is 2.27. The number of nitro benzene ring substituents is 1. The molecule has 2 rings (SSSR count). The molecule has 1 aromatic carbocycles. The van der Waals surface area contributed by atoms with Crippen molar-refractivity contribution in [1.29, 1.82) is 0 Å². The highest BCUT2D eigenvalue weighted by Gasteiger charge is 2.31. The molecule has 1 amide bonds. The van der Waals surface area contributed by atoms with Crippen LogP contribution >= 0.6 is 15.9 Å². The molecule has 0 radical (unpaired) electrons. The minimum atomic E-state index is -0.514. The fourth-order valence-corrected chi connectivity index (χ4v) is 2.62. The van der Waals surface area contributed by atoms with E-state index in [1.54, 1.807) is 11.0 Å². The first-order valence-electron chi connectivity index (χ1n) is 5.88. The molecule has 1 heterocycles. The van der Waals surface area contributed by atoms with Gasteiger partial charge >= 0.3 is 0 Å². The zero-order valence-corrected chi connectivity index (χ0v) is 12.0. The van der Waals surface area contributed by atoms with Crippen LogP contribution in [-0.4, -0.2) is 34.9 Å². The van der Waals surface area contributed by atoms with E-state index in [0.29, 0.717) is 23.1 Å². The highest BCUT2D eigenvalue weighted by atomic mass is 79.9. The van der Waals surface area contributed by atoms with Crippen LogP contribution in [0.3, 0.4) is 0 Å². The van der Waals surface area contributed by atoms with Crippen molar-refractivity contribution in [3.63, 3.8) is 0 Å². The molecule has 102 valence electrons. The second-order valence-electron chi connectivity index (χ2n) is 4.81. The molecular weight excluding hydrogens is 314 g/mol. The Morgan fingerprint density at radius 2 is 2.16 bits per heavy atom. The third-order valence-electron chi connectivity index (χ3n) is 3.30. The first-order chi connectivity index (χ1) is 8.88. The van der Waals surface area contributed by atoms with Gasteiger partial charge in [0.05, 0.1) is 4.92 Å². The van der Waals surface area contributed by atoms with E-state index in [-0.39, 0.29) is 23.6 Å². The first-order valence-corrected chi connectivity index (χ1v) is 6.67. The van der Waals surface area contributed by atoms with E-state index in [2.05, 4.69) is 15.9 Å². The number of halogens is 1. The molecule has 6 nitrogen and oxygen atoms in total. The summed E-state index contributed by atoms with van der Waals surface area (Å²) in [6, 6.07) is 4.21. The van der Waals surface area contributed by atoms with Crippen molar-refractivity contribution in [3.05, 3.63) is 38.3 Å². The quantitative estimate of drug-likeness (QED) is 0.662. The summed E-state index contributed by atoms with van der Waals surface area (Å²) in [5.74, 6) is 0.0234. The Morgan fingerprint density at radius 3 is 2.68 bits per heavy atom. The third-order valence-corrected chi connectivity index (χ3v) is 3.76. The summed E-state index contributed by atoms with van der Waals surface area (Å²) < 4.78 is 0.515. The number of carbonyl (C=O) groups is 1. The Bertz CT molecular complexity index is 525. The Hall–Kier alpha value is -1.47. The van der Waals surface area contributed by atoms with Crippen molar-refractivity contribution in [2.45, 2.75) is 13.0 Å². The van der Waals surface area contributed by atoms with Gasteiger partial charge in [-0.15, -0.1) is 0 Å². The number of nitrogens with zero attached hydrogens (tertiary/aromatic N) is 2. The molecule has 1 aliphatic heterocycles. The zero-order chi connectivity index (χ0) is 14.2. The predicted molar refractivity (Wildman–Crippen MR) is 73.8 cm³/mol. The maximum absolute atomic E-state index is 12.3. The molecule has 7 heteroatoms. The molecule has 1 fully saturated rings. The number of non-ortho nitro benzene ring substituents is 1. The van der Waals surface area contributed by atoms with Gasteiger partial charge in [-0.05, 0) is 12.0 Å². The summed E-state index contributed by atoms with van der Waals surface area (Å²) in [7, 11) is 0. The summed E-state index contributed by atoms with van der Waals surface area (Å²) >= 11 is 3.18. The highest BCUT2D eigenvalue weighted by Crippen LogP contribution is 2.24. The molecule has 1 aromatic rings. The number of amides is 1. The monoisotopic (exact) mass is 327 g/mol. The molecule has 0 aromatic heterocycles. The zero-order valence-electron chi connectivity index (χ0n) is 10.4. The van der Waals surface area contributed by atoms with Crippen LogP contribution in [0.4, 0.5) is 5.69 Å². The molecule has 0 saturated carbocycles. The molecule has 0 spiro atoms. The lowest BCUT2D eigenvalue weighted by Crippen LogP contribution is -2.32. The van der Waals surface area contributed by atoms with Crippen molar-refractivity contribution < 1.29 is 9.72 Å². The van der Waals surface area contributed by atoms with E-state index in [9.17, 15) is 14.9 Å². The number of benzene rings is 1. The van der Waals surface area contributed by atoms with E-state index >= 15 is 0 Å². The molecule has 0 bridgehead atoms. The van der Waals surface area contributed by atoms with Gasteiger partial charge in [0.2, 0.25) is 0 Å². The lowest BCUT2D eigenvalue weighted by Gasteiger charge is -2.15. The average molecular weight is 328 g/mol.